The summed E-state index contributed by atoms with van der Waals surface area (Å²) in [6.45, 7) is 0. The molecule has 3 heterocycles. The van der Waals surface area contributed by atoms with Gasteiger partial charge < -0.3 is 4.90 Å². The zero-order valence-corrected chi connectivity index (χ0v) is 14.0. The number of piperidine rings is 1. The Morgan fingerprint density at radius 1 is 1.05 bits per heavy atom. The molecule has 1 aromatic heterocycles. The molecule has 0 radical (unpaired) electrons. The molecule has 4 rings (SSSR count). The first-order valence-electron chi connectivity index (χ1n) is 7.58. The fraction of sp³-hybridized carbons (Fsp3) is 0.733. The third kappa shape index (κ3) is 2.20. The lowest BCUT2D eigenvalue weighted by Gasteiger charge is -2.35. The summed E-state index contributed by atoms with van der Waals surface area (Å²) in [6.07, 6.45) is 7.52. The number of nitrogens with zero attached hydrogens (tertiary/aromatic N) is 3. The van der Waals surface area contributed by atoms with E-state index < -0.39 is 0 Å². The van der Waals surface area contributed by atoms with E-state index in [1.54, 1.807) is 0 Å². The topological polar surface area (TPSA) is 29.0 Å². The van der Waals surface area contributed by atoms with E-state index in [1.807, 2.05) is 0 Å². The molecule has 108 valence electrons. The first-order valence-corrected chi connectivity index (χ1v) is 8.75. The SMILES string of the molecule is CN1C2CCC1CC(c1nc(Cl)c(Br)c(C3CC3)n1)C2. The number of hydrogen-bond acceptors (Lipinski definition) is 3. The van der Waals surface area contributed by atoms with Crippen molar-refractivity contribution in [1.82, 2.24) is 14.9 Å². The van der Waals surface area contributed by atoms with Crippen molar-refractivity contribution in [3.05, 3.63) is 21.1 Å². The number of rotatable bonds is 2. The lowest BCUT2D eigenvalue weighted by atomic mass is 9.90. The molecular weight excluding hydrogens is 338 g/mol. The maximum atomic E-state index is 6.32. The number of halogens is 2. The molecule has 5 heteroatoms. The average Bonchev–Trinajstić information content (AvgIpc) is 3.23. The van der Waals surface area contributed by atoms with Crippen molar-refractivity contribution in [2.45, 2.75) is 62.4 Å². The molecule has 2 aliphatic heterocycles. The lowest BCUT2D eigenvalue weighted by Crippen LogP contribution is -2.39. The smallest absolute Gasteiger partial charge is 0.147 e. The maximum absolute atomic E-state index is 6.32. The van der Waals surface area contributed by atoms with E-state index in [-0.39, 0.29) is 0 Å². The summed E-state index contributed by atoms with van der Waals surface area (Å²) < 4.78 is 0.918. The van der Waals surface area contributed by atoms with Gasteiger partial charge in [0.05, 0.1) is 10.2 Å². The second kappa shape index (κ2) is 4.92. The van der Waals surface area contributed by atoms with Gasteiger partial charge in [0.2, 0.25) is 0 Å². The molecule has 1 saturated carbocycles. The Labute approximate surface area is 133 Å². The van der Waals surface area contributed by atoms with Crippen LogP contribution in [-0.2, 0) is 0 Å². The number of aromatic nitrogens is 2. The lowest BCUT2D eigenvalue weighted by molar-refractivity contribution is 0.158. The highest BCUT2D eigenvalue weighted by atomic mass is 79.9. The summed E-state index contributed by atoms with van der Waals surface area (Å²) in [5.41, 5.74) is 1.14. The van der Waals surface area contributed by atoms with Gasteiger partial charge in [-0.15, -0.1) is 0 Å². The van der Waals surface area contributed by atoms with Crippen molar-refractivity contribution in [2.75, 3.05) is 7.05 Å². The van der Waals surface area contributed by atoms with Crippen LogP contribution in [0.5, 0.6) is 0 Å². The van der Waals surface area contributed by atoms with E-state index >= 15 is 0 Å². The van der Waals surface area contributed by atoms with Gasteiger partial charge in [-0.1, -0.05) is 11.6 Å². The van der Waals surface area contributed by atoms with E-state index in [2.05, 4.69) is 32.9 Å². The molecule has 1 aromatic rings. The van der Waals surface area contributed by atoms with Gasteiger partial charge in [0.15, 0.2) is 0 Å². The summed E-state index contributed by atoms with van der Waals surface area (Å²) in [5.74, 6) is 2.09. The van der Waals surface area contributed by atoms with Crippen LogP contribution in [0.3, 0.4) is 0 Å². The second-order valence-corrected chi connectivity index (χ2v) is 7.72. The maximum Gasteiger partial charge on any atom is 0.147 e. The molecule has 20 heavy (non-hydrogen) atoms. The fourth-order valence-electron chi connectivity index (χ4n) is 3.88. The van der Waals surface area contributed by atoms with E-state index in [0.29, 0.717) is 29.1 Å². The molecule has 0 amide bonds. The Kier molecular flexibility index (Phi) is 3.32. The van der Waals surface area contributed by atoms with Crippen LogP contribution in [0.1, 0.15) is 61.9 Å². The van der Waals surface area contributed by atoms with Crippen molar-refractivity contribution < 1.29 is 0 Å². The summed E-state index contributed by atoms with van der Waals surface area (Å²) in [6, 6.07) is 1.43. The van der Waals surface area contributed by atoms with E-state index in [4.69, 9.17) is 16.6 Å². The highest BCUT2D eigenvalue weighted by molar-refractivity contribution is 9.10. The number of fused-ring (bicyclic) bond motifs is 2. The van der Waals surface area contributed by atoms with E-state index in [1.165, 1.54) is 38.5 Å². The first-order chi connectivity index (χ1) is 9.63. The van der Waals surface area contributed by atoms with Crippen LogP contribution in [0, 0.1) is 0 Å². The van der Waals surface area contributed by atoms with Crippen LogP contribution < -0.4 is 0 Å². The Hall–Kier alpha value is -0.190. The zero-order chi connectivity index (χ0) is 13.9. The standard InChI is InChI=1S/C15H19BrClN3/c1-20-10-4-5-11(20)7-9(6-10)15-18-13(8-2-3-8)12(16)14(17)19-15/h8-11H,2-7H2,1H3. The summed E-state index contributed by atoms with van der Waals surface area (Å²) in [4.78, 5) is 12.0. The van der Waals surface area contributed by atoms with Gasteiger partial charge in [-0.25, -0.2) is 9.97 Å². The van der Waals surface area contributed by atoms with Crippen molar-refractivity contribution in [2.24, 2.45) is 0 Å². The monoisotopic (exact) mass is 355 g/mol. The Morgan fingerprint density at radius 2 is 1.70 bits per heavy atom. The van der Waals surface area contributed by atoms with Gasteiger partial charge in [-0.05, 0) is 61.5 Å². The Bertz CT molecular complexity index is 532. The predicted molar refractivity (Wildman–Crippen MR) is 83.3 cm³/mol. The van der Waals surface area contributed by atoms with Crippen LogP contribution in [0.25, 0.3) is 0 Å². The van der Waals surface area contributed by atoms with Crippen LogP contribution in [0.4, 0.5) is 0 Å². The third-order valence-corrected chi connectivity index (χ3v) is 6.56. The van der Waals surface area contributed by atoms with Crippen LogP contribution in [0.15, 0.2) is 4.47 Å². The van der Waals surface area contributed by atoms with Gasteiger partial charge in [-0.3, -0.25) is 0 Å². The van der Waals surface area contributed by atoms with Crippen molar-refractivity contribution >= 4 is 27.5 Å². The number of hydrogen-bond donors (Lipinski definition) is 0. The summed E-state index contributed by atoms with van der Waals surface area (Å²) >= 11 is 9.88. The average molecular weight is 357 g/mol. The minimum atomic E-state index is 0.492. The fourth-order valence-corrected chi connectivity index (χ4v) is 4.57. The molecular formula is C15H19BrClN3. The second-order valence-electron chi connectivity index (χ2n) is 6.56. The van der Waals surface area contributed by atoms with Crippen LogP contribution >= 0.6 is 27.5 Å². The van der Waals surface area contributed by atoms with Gasteiger partial charge in [-0.2, -0.15) is 0 Å². The molecule has 2 bridgehead atoms. The van der Waals surface area contributed by atoms with Crippen LogP contribution in [0.2, 0.25) is 5.15 Å². The Balaban J connectivity index is 1.65. The minimum Gasteiger partial charge on any atom is -0.300 e. The molecule has 0 N–H and O–H groups in total. The molecule has 3 nitrogen and oxygen atoms in total. The van der Waals surface area contributed by atoms with Gasteiger partial charge >= 0.3 is 0 Å². The van der Waals surface area contributed by atoms with E-state index in [9.17, 15) is 0 Å². The molecule has 2 saturated heterocycles. The summed E-state index contributed by atoms with van der Waals surface area (Å²) in [7, 11) is 2.27. The molecule has 3 fully saturated rings. The van der Waals surface area contributed by atoms with Crippen molar-refractivity contribution in [3.63, 3.8) is 0 Å². The third-order valence-electron chi connectivity index (χ3n) is 5.28. The Morgan fingerprint density at radius 3 is 2.30 bits per heavy atom. The highest BCUT2D eigenvalue weighted by Gasteiger charge is 2.40. The first kappa shape index (κ1) is 13.5. The normalized spacial score (nSPS) is 33.6. The zero-order valence-electron chi connectivity index (χ0n) is 11.6. The van der Waals surface area contributed by atoms with Gasteiger partial charge in [0.1, 0.15) is 11.0 Å². The molecule has 2 atom stereocenters. The minimum absolute atomic E-state index is 0.492. The highest BCUT2D eigenvalue weighted by Crippen LogP contribution is 2.46. The molecule has 3 aliphatic rings. The van der Waals surface area contributed by atoms with Gasteiger partial charge in [0.25, 0.3) is 0 Å². The van der Waals surface area contributed by atoms with Crippen molar-refractivity contribution in [1.29, 1.82) is 0 Å². The van der Waals surface area contributed by atoms with Gasteiger partial charge in [0, 0.05) is 23.9 Å². The molecule has 2 unspecified atom stereocenters. The van der Waals surface area contributed by atoms with Crippen molar-refractivity contribution in [3.8, 4) is 0 Å². The predicted octanol–water partition coefficient (Wildman–Crippen LogP) is 4.11. The quantitative estimate of drug-likeness (QED) is 0.747. The molecule has 1 aliphatic carbocycles. The molecule has 0 spiro atoms. The van der Waals surface area contributed by atoms with Crippen LogP contribution in [-0.4, -0.2) is 34.0 Å². The summed E-state index contributed by atoms with van der Waals surface area (Å²) in [5, 5.41) is 0.600. The van der Waals surface area contributed by atoms with E-state index in [0.717, 1.165) is 16.0 Å². The largest absolute Gasteiger partial charge is 0.300 e. The molecule has 0 aromatic carbocycles.